The van der Waals surface area contributed by atoms with E-state index in [-0.39, 0.29) is 24.3 Å². The van der Waals surface area contributed by atoms with Crippen LogP contribution in [-0.4, -0.2) is 34.5 Å². The van der Waals surface area contributed by atoms with Crippen molar-refractivity contribution in [1.29, 1.82) is 0 Å². The zero-order valence-corrected chi connectivity index (χ0v) is 12.0. The van der Waals surface area contributed by atoms with Crippen LogP contribution >= 0.6 is 0 Å². The van der Waals surface area contributed by atoms with Crippen LogP contribution in [-0.2, 0) is 22.4 Å². The summed E-state index contributed by atoms with van der Waals surface area (Å²) in [5.74, 6) is -0.820. The van der Waals surface area contributed by atoms with E-state index in [2.05, 4.69) is 12.1 Å². The maximum absolute atomic E-state index is 12.6. The fraction of sp³-hybridized carbons (Fsp3) is 0.500. The Hall–Kier alpha value is -1.84. The number of carbonyl (C=O) groups is 2. The number of aliphatic carboxylic acids is 1. The summed E-state index contributed by atoms with van der Waals surface area (Å²) in [5.41, 5.74) is 2.49. The standard InChI is InChI=1S/C16H21NO3/c1-11(2)17(8-7-15(18)19)16(20)14-9-12-5-3-4-6-13(12)10-14/h3-6,11,14H,7-10H2,1-2H3,(H,18,19). The highest BCUT2D eigenvalue weighted by atomic mass is 16.4. The van der Waals surface area contributed by atoms with Crippen LogP contribution in [0.3, 0.4) is 0 Å². The van der Waals surface area contributed by atoms with Gasteiger partial charge >= 0.3 is 5.97 Å². The lowest BCUT2D eigenvalue weighted by Gasteiger charge is -2.28. The van der Waals surface area contributed by atoms with Gasteiger partial charge in [-0.2, -0.15) is 0 Å². The van der Waals surface area contributed by atoms with Crippen molar-refractivity contribution >= 4 is 11.9 Å². The van der Waals surface area contributed by atoms with Gasteiger partial charge in [-0.05, 0) is 37.8 Å². The highest BCUT2D eigenvalue weighted by Crippen LogP contribution is 2.28. The predicted molar refractivity (Wildman–Crippen MR) is 76.4 cm³/mol. The van der Waals surface area contributed by atoms with Gasteiger partial charge in [0.25, 0.3) is 0 Å². The third-order valence-corrected chi connectivity index (χ3v) is 3.87. The molecule has 1 N–H and O–H groups in total. The average Bonchev–Trinajstić information content (AvgIpc) is 2.81. The Labute approximate surface area is 119 Å². The Balaban J connectivity index is 2.04. The van der Waals surface area contributed by atoms with E-state index in [0.717, 1.165) is 12.8 Å². The number of hydrogen-bond acceptors (Lipinski definition) is 2. The van der Waals surface area contributed by atoms with E-state index >= 15 is 0 Å². The Morgan fingerprint density at radius 3 is 2.25 bits per heavy atom. The second-order valence-corrected chi connectivity index (χ2v) is 5.64. The van der Waals surface area contributed by atoms with E-state index in [1.165, 1.54) is 11.1 Å². The van der Waals surface area contributed by atoms with Gasteiger partial charge < -0.3 is 10.0 Å². The molecule has 0 fully saturated rings. The van der Waals surface area contributed by atoms with Gasteiger partial charge in [0.1, 0.15) is 0 Å². The molecule has 0 unspecified atom stereocenters. The lowest BCUT2D eigenvalue weighted by Crippen LogP contribution is -2.42. The SMILES string of the molecule is CC(C)N(CCC(=O)O)C(=O)C1Cc2ccccc2C1. The summed E-state index contributed by atoms with van der Waals surface area (Å²) >= 11 is 0. The fourth-order valence-corrected chi connectivity index (χ4v) is 2.81. The van der Waals surface area contributed by atoms with Gasteiger partial charge in [-0.25, -0.2) is 0 Å². The second kappa shape index (κ2) is 6.07. The number of carboxylic acids is 1. The molecular weight excluding hydrogens is 254 g/mol. The first kappa shape index (κ1) is 14.6. The summed E-state index contributed by atoms with van der Waals surface area (Å²) in [6.45, 7) is 4.16. The molecule has 1 aliphatic carbocycles. The monoisotopic (exact) mass is 275 g/mol. The normalized spacial score (nSPS) is 14.3. The Bertz CT molecular complexity index is 485. The molecular formula is C16H21NO3. The van der Waals surface area contributed by atoms with Crippen LogP contribution in [0.5, 0.6) is 0 Å². The fourth-order valence-electron chi connectivity index (χ4n) is 2.81. The van der Waals surface area contributed by atoms with E-state index in [1.54, 1.807) is 4.90 Å². The summed E-state index contributed by atoms with van der Waals surface area (Å²) in [6.07, 6.45) is 1.54. The van der Waals surface area contributed by atoms with Crippen LogP contribution < -0.4 is 0 Å². The molecule has 1 aromatic carbocycles. The second-order valence-electron chi connectivity index (χ2n) is 5.64. The van der Waals surface area contributed by atoms with Crippen molar-refractivity contribution in [2.24, 2.45) is 5.92 Å². The van der Waals surface area contributed by atoms with Gasteiger partial charge in [0, 0.05) is 18.5 Å². The minimum atomic E-state index is -0.863. The molecule has 0 aromatic heterocycles. The summed E-state index contributed by atoms with van der Waals surface area (Å²) in [7, 11) is 0. The van der Waals surface area contributed by atoms with E-state index in [9.17, 15) is 9.59 Å². The van der Waals surface area contributed by atoms with Crippen LogP contribution in [0.25, 0.3) is 0 Å². The molecule has 20 heavy (non-hydrogen) atoms. The van der Waals surface area contributed by atoms with Crippen LogP contribution in [0.15, 0.2) is 24.3 Å². The lowest BCUT2D eigenvalue weighted by molar-refractivity contribution is -0.140. The highest BCUT2D eigenvalue weighted by Gasteiger charge is 2.31. The molecule has 1 amide bonds. The van der Waals surface area contributed by atoms with Gasteiger partial charge in [0.15, 0.2) is 0 Å². The summed E-state index contributed by atoms with van der Waals surface area (Å²) in [4.78, 5) is 25.0. The molecule has 0 bridgehead atoms. The van der Waals surface area contributed by atoms with Crippen molar-refractivity contribution in [2.75, 3.05) is 6.54 Å². The van der Waals surface area contributed by atoms with Gasteiger partial charge in [0.2, 0.25) is 5.91 Å². The molecule has 0 saturated carbocycles. The molecule has 0 heterocycles. The van der Waals surface area contributed by atoms with Crippen LogP contribution in [0.1, 0.15) is 31.4 Å². The minimum Gasteiger partial charge on any atom is -0.481 e. The quantitative estimate of drug-likeness (QED) is 0.895. The summed E-state index contributed by atoms with van der Waals surface area (Å²) in [5, 5.41) is 8.80. The number of amides is 1. The summed E-state index contributed by atoms with van der Waals surface area (Å²) in [6, 6.07) is 8.16. The lowest BCUT2D eigenvalue weighted by atomic mass is 10.0. The predicted octanol–water partition coefficient (Wildman–Crippen LogP) is 2.11. The molecule has 0 aliphatic heterocycles. The topological polar surface area (TPSA) is 57.6 Å². The molecule has 1 aliphatic rings. The number of hydrogen-bond donors (Lipinski definition) is 1. The van der Waals surface area contributed by atoms with Crippen molar-refractivity contribution < 1.29 is 14.7 Å². The number of benzene rings is 1. The molecule has 0 radical (unpaired) electrons. The van der Waals surface area contributed by atoms with Crippen molar-refractivity contribution in [3.63, 3.8) is 0 Å². The van der Waals surface area contributed by atoms with Gasteiger partial charge in [-0.15, -0.1) is 0 Å². The Kier molecular flexibility index (Phi) is 4.42. The smallest absolute Gasteiger partial charge is 0.305 e. The average molecular weight is 275 g/mol. The first-order valence-electron chi connectivity index (χ1n) is 7.08. The molecule has 0 saturated heterocycles. The first-order chi connectivity index (χ1) is 9.49. The molecule has 4 heteroatoms. The molecule has 108 valence electrons. The number of rotatable bonds is 5. The van der Waals surface area contributed by atoms with E-state index in [1.807, 2.05) is 26.0 Å². The van der Waals surface area contributed by atoms with E-state index < -0.39 is 5.97 Å². The third-order valence-electron chi connectivity index (χ3n) is 3.87. The third kappa shape index (κ3) is 3.18. The largest absolute Gasteiger partial charge is 0.481 e. The molecule has 4 nitrogen and oxygen atoms in total. The molecule has 2 rings (SSSR count). The van der Waals surface area contributed by atoms with Crippen molar-refractivity contribution in [3.05, 3.63) is 35.4 Å². The maximum Gasteiger partial charge on any atom is 0.305 e. The van der Waals surface area contributed by atoms with Gasteiger partial charge in [-0.1, -0.05) is 24.3 Å². The van der Waals surface area contributed by atoms with Crippen molar-refractivity contribution in [3.8, 4) is 0 Å². The van der Waals surface area contributed by atoms with Crippen molar-refractivity contribution in [2.45, 2.75) is 39.2 Å². The number of fused-ring (bicyclic) bond motifs is 1. The highest BCUT2D eigenvalue weighted by molar-refractivity contribution is 5.81. The number of carboxylic acid groups (broad SMARTS) is 1. The molecule has 0 atom stereocenters. The summed E-state index contributed by atoms with van der Waals surface area (Å²) < 4.78 is 0. The van der Waals surface area contributed by atoms with E-state index in [4.69, 9.17) is 5.11 Å². The van der Waals surface area contributed by atoms with E-state index in [0.29, 0.717) is 6.54 Å². The Morgan fingerprint density at radius 1 is 1.25 bits per heavy atom. The molecule has 1 aromatic rings. The number of nitrogens with zero attached hydrogens (tertiary/aromatic N) is 1. The maximum atomic E-state index is 12.6. The van der Waals surface area contributed by atoms with Gasteiger partial charge in [-0.3, -0.25) is 9.59 Å². The van der Waals surface area contributed by atoms with Crippen LogP contribution in [0.4, 0.5) is 0 Å². The zero-order valence-electron chi connectivity index (χ0n) is 12.0. The first-order valence-corrected chi connectivity index (χ1v) is 7.08. The Morgan fingerprint density at radius 2 is 1.80 bits per heavy atom. The minimum absolute atomic E-state index is 0.00356. The van der Waals surface area contributed by atoms with Crippen molar-refractivity contribution in [1.82, 2.24) is 4.90 Å². The van der Waals surface area contributed by atoms with Crippen LogP contribution in [0.2, 0.25) is 0 Å². The zero-order chi connectivity index (χ0) is 14.7. The number of carbonyl (C=O) groups excluding carboxylic acids is 1. The van der Waals surface area contributed by atoms with Crippen LogP contribution in [0, 0.1) is 5.92 Å². The molecule has 0 spiro atoms. The van der Waals surface area contributed by atoms with Gasteiger partial charge in [0.05, 0.1) is 6.42 Å².